The summed E-state index contributed by atoms with van der Waals surface area (Å²) in [6, 6.07) is 9.99. The number of nitrogens with zero attached hydrogens (tertiary/aromatic N) is 3. The lowest BCUT2D eigenvalue weighted by molar-refractivity contribution is -0.121. The van der Waals surface area contributed by atoms with Crippen LogP contribution in [0.5, 0.6) is 0 Å². The second kappa shape index (κ2) is 9.21. The summed E-state index contributed by atoms with van der Waals surface area (Å²) in [5.41, 5.74) is 11.5. The topological polar surface area (TPSA) is 115 Å². The summed E-state index contributed by atoms with van der Waals surface area (Å²) in [6.07, 6.45) is 5.06. The number of aromatic nitrogens is 3. The number of nitrogens with one attached hydrogen (secondary N) is 2. The van der Waals surface area contributed by atoms with Gasteiger partial charge in [-0.2, -0.15) is 0 Å². The predicted molar refractivity (Wildman–Crippen MR) is 124 cm³/mol. The highest BCUT2D eigenvalue weighted by Gasteiger charge is 2.14. The second-order valence-electron chi connectivity index (χ2n) is 8.21. The summed E-state index contributed by atoms with van der Waals surface area (Å²) in [5, 5.41) is 5.98. The van der Waals surface area contributed by atoms with Crippen LogP contribution in [-0.2, 0) is 37.3 Å². The number of anilines is 2. The van der Waals surface area contributed by atoms with Gasteiger partial charge in [0.1, 0.15) is 12.4 Å². The molecule has 1 aliphatic rings. The molecule has 0 unspecified atom stereocenters. The largest absolute Gasteiger partial charge is 0.384 e. The number of rotatable bonds is 7. The van der Waals surface area contributed by atoms with E-state index in [1.54, 1.807) is 19.2 Å². The SMILES string of the molecule is Cc1nc(N)ccc1CNC(=O)Cn1c(C)cnc(NCc2ccc3c(c2)CCC3)c1=O. The van der Waals surface area contributed by atoms with E-state index in [-0.39, 0.29) is 23.8 Å². The Hall–Kier alpha value is -3.68. The number of fused-ring (bicyclic) bond motifs is 1. The molecule has 0 bridgehead atoms. The van der Waals surface area contributed by atoms with Crippen LogP contribution in [0, 0.1) is 13.8 Å². The standard InChI is InChI=1S/C24H28N6O2/c1-15-11-27-23(28-12-17-6-7-18-4-3-5-19(18)10-17)24(32)30(15)14-22(31)26-13-20-8-9-21(25)29-16(20)2/h6-11H,3-5,12-14H2,1-2H3,(H2,25,29)(H,26,31)(H,27,28). The fraction of sp³-hybridized carbons (Fsp3) is 0.333. The fourth-order valence-electron chi connectivity index (χ4n) is 4.00. The molecule has 0 saturated carbocycles. The van der Waals surface area contributed by atoms with Crippen molar-refractivity contribution in [3.63, 3.8) is 0 Å². The molecule has 8 heteroatoms. The van der Waals surface area contributed by atoms with Crippen LogP contribution in [0.15, 0.2) is 41.3 Å². The van der Waals surface area contributed by atoms with Crippen molar-refractivity contribution in [1.82, 2.24) is 19.9 Å². The van der Waals surface area contributed by atoms with Crippen LogP contribution in [0.1, 0.15) is 40.1 Å². The molecule has 166 valence electrons. The van der Waals surface area contributed by atoms with Gasteiger partial charge >= 0.3 is 0 Å². The van der Waals surface area contributed by atoms with Gasteiger partial charge in [0.15, 0.2) is 5.82 Å². The van der Waals surface area contributed by atoms with Crippen molar-refractivity contribution in [2.75, 3.05) is 11.1 Å². The van der Waals surface area contributed by atoms with Gasteiger partial charge in [0, 0.05) is 30.7 Å². The van der Waals surface area contributed by atoms with Gasteiger partial charge in [-0.1, -0.05) is 24.3 Å². The van der Waals surface area contributed by atoms with Gasteiger partial charge in [-0.3, -0.25) is 14.2 Å². The Bertz CT molecular complexity index is 1220. The molecule has 0 atom stereocenters. The van der Waals surface area contributed by atoms with E-state index < -0.39 is 0 Å². The number of benzene rings is 1. The first-order chi connectivity index (χ1) is 15.4. The summed E-state index contributed by atoms with van der Waals surface area (Å²) in [6.45, 7) is 4.35. The molecule has 0 saturated heterocycles. The molecule has 2 heterocycles. The maximum absolute atomic E-state index is 12.9. The predicted octanol–water partition coefficient (Wildman–Crippen LogP) is 2.25. The van der Waals surface area contributed by atoms with E-state index in [0.717, 1.165) is 29.7 Å². The third kappa shape index (κ3) is 4.80. The van der Waals surface area contributed by atoms with Crippen molar-refractivity contribution >= 4 is 17.5 Å². The summed E-state index contributed by atoms with van der Waals surface area (Å²) in [4.78, 5) is 33.9. The Kier molecular flexibility index (Phi) is 6.20. The van der Waals surface area contributed by atoms with Gasteiger partial charge in [-0.15, -0.1) is 0 Å². The average molecular weight is 433 g/mol. The van der Waals surface area contributed by atoms with Gasteiger partial charge in [-0.25, -0.2) is 9.97 Å². The summed E-state index contributed by atoms with van der Waals surface area (Å²) in [5.74, 6) is 0.418. The fourth-order valence-corrected chi connectivity index (χ4v) is 4.00. The normalized spacial score (nSPS) is 12.4. The summed E-state index contributed by atoms with van der Waals surface area (Å²) in [7, 11) is 0. The first-order valence-corrected chi connectivity index (χ1v) is 10.8. The van der Waals surface area contributed by atoms with E-state index >= 15 is 0 Å². The number of pyridine rings is 1. The number of nitrogen functional groups attached to an aromatic ring is 1. The molecule has 0 radical (unpaired) electrons. The van der Waals surface area contributed by atoms with E-state index in [1.165, 1.54) is 22.1 Å². The maximum atomic E-state index is 12.9. The molecule has 0 spiro atoms. The lowest BCUT2D eigenvalue weighted by Crippen LogP contribution is -2.34. The van der Waals surface area contributed by atoms with E-state index in [4.69, 9.17) is 5.73 Å². The molecule has 0 aliphatic heterocycles. The number of nitrogens with two attached hydrogens (primary N) is 1. The van der Waals surface area contributed by atoms with Crippen LogP contribution in [0.4, 0.5) is 11.6 Å². The second-order valence-corrected chi connectivity index (χ2v) is 8.21. The molecular weight excluding hydrogens is 404 g/mol. The van der Waals surface area contributed by atoms with E-state index in [2.05, 4.69) is 38.8 Å². The minimum atomic E-state index is -0.313. The Labute approximate surface area is 186 Å². The molecule has 32 heavy (non-hydrogen) atoms. The highest BCUT2D eigenvalue weighted by atomic mass is 16.2. The molecule has 2 aromatic heterocycles. The van der Waals surface area contributed by atoms with Crippen molar-refractivity contribution in [3.05, 3.63) is 80.5 Å². The van der Waals surface area contributed by atoms with E-state index in [9.17, 15) is 9.59 Å². The molecule has 0 fully saturated rings. The summed E-state index contributed by atoms with van der Waals surface area (Å²) < 4.78 is 1.43. The monoisotopic (exact) mass is 432 g/mol. The Balaban J connectivity index is 1.41. The van der Waals surface area contributed by atoms with Crippen LogP contribution in [0.3, 0.4) is 0 Å². The number of aryl methyl sites for hydroxylation is 4. The van der Waals surface area contributed by atoms with Crippen molar-refractivity contribution in [3.8, 4) is 0 Å². The zero-order chi connectivity index (χ0) is 22.7. The zero-order valence-electron chi connectivity index (χ0n) is 18.4. The van der Waals surface area contributed by atoms with Gasteiger partial charge < -0.3 is 16.4 Å². The maximum Gasteiger partial charge on any atom is 0.293 e. The Morgan fingerprint density at radius 2 is 1.94 bits per heavy atom. The molecule has 4 N–H and O–H groups in total. The highest BCUT2D eigenvalue weighted by Crippen LogP contribution is 2.23. The number of amides is 1. The minimum absolute atomic E-state index is 0.0812. The average Bonchev–Trinajstić information content (AvgIpc) is 3.23. The molecule has 1 aromatic carbocycles. The van der Waals surface area contributed by atoms with Crippen molar-refractivity contribution in [2.24, 2.45) is 0 Å². The summed E-state index contributed by atoms with van der Waals surface area (Å²) >= 11 is 0. The number of hydrogen-bond acceptors (Lipinski definition) is 6. The van der Waals surface area contributed by atoms with Crippen LogP contribution in [0.2, 0.25) is 0 Å². The smallest absolute Gasteiger partial charge is 0.293 e. The van der Waals surface area contributed by atoms with Crippen LogP contribution >= 0.6 is 0 Å². The van der Waals surface area contributed by atoms with Gasteiger partial charge in [0.05, 0.1) is 0 Å². The third-order valence-corrected chi connectivity index (χ3v) is 5.87. The van der Waals surface area contributed by atoms with Gasteiger partial charge in [0.2, 0.25) is 5.91 Å². The van der Waals surface area contributed by atoms with Crippen molar-refractivity contribution < 1.29 is 4.79 Å². The highest BCUT2D eigenvalue weighted by molar-refractivity contribution is 5.75. The third-order valence-electron chi connectivity index (χ3n) is 5.87. The Morgan fingerprint density at radius 1 is 1.12 bits per heavy atom. The van der Waals surface area contributed by atoms with Crippen molar-refractivity contribution in [1.29, 1.82) is 0 Å². The lowest BCUT2D eigenvalue weighted by atomic mass is 10.1. The molecule has 1 amide bonds. The van der Waals surface area contributed by atoms with Crippen molar-refractivity contribution in [2.45, 2.75) is 52.7 Å². The first-order valence-electron chi connectivity index (χ1n) is 10.8. The number of carbonyl (C=O) groups is 1. The molecular formula is C24H28N6O2. The van der Waals surface area contributed by atoms with Gasteiger partial charge in [0.25, 0.3) is 5.56 Å². The van der Waals surface area contributed by atoms with E-state index in [0.29, 0.717) is 24.6 Å². The van der Waals surface area contributed by atoms with E-state index in [1.807, 2.05) is 13.0 Å². The number of hydrogen-bond donors (Lipinski definition) is 3. The van der Waals surface area contributed by atoms with Crippen LogP contribution in [0.25, 0.3) is 0 Å². The van der Waals surface area contributed by atoms with Crippen LogP contribution < -0.4 is 21.9 Å². The Morgan fingerprint density at radius 3 is 2.75 bits per heavy atom. The quantitative estimate of drug-likeness (QED) is 0.528. The zero-order valence-corrected chi connectivity index (χ0v) is 18.4. The minimum Gasteiger partial charge on any atom is -0.384 e. The molecule has 3 aromatic rings. The number of carbonyl (C=O) groups excluding carboxylic acids is 1. The van der Waals surface area contributed by atoms with Crippen LogP contribution in [-0.4, -0.2) is 20.4 Å². The van der Waals surface area contributed by atoms with Gasteiger partial charge in [-0.05, 0) is 61.4 Å². The lowest BCUT2D eigenvalue weighted by Gasteiger charge is -2.13. The molecule has 1 aliphatic carbocycles. The molecule has 4 rings (SSSR count). The first kappa shape index (κ1) is 21.5. The molecule has 8 nitrogen and oxygen atoms in total.